The van der Waals surface area contributed by atoms with Crippen LogP contribution in [0.3, 0.4) is 0 Å². The zero-order chi connectivity index (χ0) is 20.1. The Morgan fingerprint density at radius 3 is 2.14 bits per heavy atom. The number of benzene rings is 3. The van der Waals surface area contributed by atoms with Crippen molar-refractivity contribution in [2.24, 2.45) is 0 Å². The Balaban J connectivity index is 1.70. The summed E-state index contributed by atoms with van der Waals surface area (Å²) in [5.41, 5.74) is 1.57. The number of nitrogens with one attached hydrogen (secondary N) is 2. The van der Waals surface area contributed by atoms with E-state index in [1.807, 2.05) is 6.07 Å². The van der Waals surface area contributed by atoms with E-state index in [1.54, 1.807) is 48.5 Å². The number of para-hydroxylation sites is 1. The van der Waals surface area contributed by atoms with E-state index >= 15 is 0 Å². The molecule has 8 heteroatoms. The number of hydrogen-bond donors (Lipinski definition) is 2. The normalized spacial score (nSPS) is 10.9. The Bertz CT molecular complexity index is 1070. The number of carbonyl (C=O) groups excluding carboxylic acids is 1. The van der Waals surface area contributed by atoms with Gasteiger partial charge in [0, 0.05) is 23.4 Å². The van der Waals surface area contributed by atoms with Gasteiger partial charge in [0.15, 0.2) is 0 Å². The minimum Gasteiger partial charge on any atom is -0.308 e. The van der Waals surface area contributed by atoms with Crippen LogP contribution in [0.15, 0.2) is 83.8 Å². The smallest absolute Gasteiger partial charge is 0.308 e. The van der Waals surface area contributed by atoms with Crippen LogP contribution in [0.5, 0.6) is 0 Å². The van der Waals surface area contributed by atoms with Crippen LogP contribution >= 0.6 is 11.6 Å². The number of sulfonamides is 1. The summed E-state index contributed by atoms with van der Waals surface area (Å²) in [6.45, 7) is 0. The summed E-state index contributed by atoms with van der Waals surface area (Å²) < 4.78 is 26.7. The van der Waals surface area contributed by atoms with Crippen LogP contribution in [0.1, 0.15) is 0 Å². The molecule has 144 valence electrons. The first-order valence-corrected chi connectivity index (χ1v) is 10.2. The van der Waals surface area contributed by atoms with Crippen LogP contribution in [0, 0.1) is 0 Å². The van der Waals surface area contributed by atoms with Crippen LogP contribution in [-0.4, -0.2) is 21.5 Å². The van der Waals surface area contributed by atoms with Gasteiger partial charge in [-0.15, -0.1) is 0 Å². The molecular formula is C20H18ClN3O3S. The SMILES string of the molecule is CN(c1ccccc1)S(=O)(=O)c1ccc(NC(=O)Nc2cccc(Cl)c2)cc1. The summed E-state index contributed by atoms with van der Waals surface area (Å²) in [4.78, 5) is 12.2. The van der Waals surface area contributed by atoms with Gasteiger partial charge >= 0.3 is 6.03 Å². The molecule has 3 aromatic carbocycles. The Morgan fingerprint density at radius 1 is 0.857 bits per heavy atom. The van der Waals surface area contributed by atoms with Gasteiger partial charge in [-0.1, -0.05) is 35.9 Å². The van der Waals surface area contributed by atoms with Crippen LogP contribution < -0.4 is 14.9 Å². The Hall–Kier alpha value is -3.03. The van der Waals surface area contributed by atoms with Gasteiger partial charge in [0.25, 0.3) is 10.0 Å². The molecule has 0 aliphatic carbocycles. The molecule has 0 saturated carbocycles. The number of nitrogens with zero attached hydrogens (tertiary/aromatic N) is 1. The van der Waals surface area contributed by atoms with E-state index in [-0.39, 0.29) is 4.90 Å². The van der Waals surface area contributed by atoms with E-state index in [9.17, 15) is 13.2 Å². The molecule has 0 radical (unpaired) electrons. The largest absolute Gasteiger partial charge is 0.323 e. The highest BCUT2D eigenvalue weighted by Crippen LogP contribution is 2.23. The van der Waals surface area contributed by atoms with Crippen LogP contribution in [0.4, 0.5) is 21.9 Å². The number of anilines is 3. The van der Waals surface area contributed by atoms with Crippen molar-refractivity contribution in [1.29, 1.82) is 0 Å². The summed E-state index contributed by atoms with van der Waals surface area (Å²) in [6.07, 6.45) is 0. The van der Waals surface area contributed by atoms with E-state index in [2.05, 4.69) is 10.6 Å². The molecule has 2 amide bonds. The highest BCUT2D eigenvalue weighted by Gasteiger charge is 2.21. The molecule has 6 nitrogen and oxygen atoms in total. The number of rotatable bonds is 5. The maximum absolute atomic E-state index is 12.8. The third kappa shape index (κ3) is 4.62. The fourth-order valence-electron chi connectivity index (χ4n) is 2.50. The van der Waals surface area contributed by atoms with Gasteiger partial charge in [-0.2, -0.15) is 0 Å². The molecule has 0 heterocycles. The average molecular weight is 416 g/mol. The molecule has 0 aromatic heterocycles. The van der Waals surface area contributed by atoms with Crippen molar-refractivity contribution in [3.05, 3.63) is 83.9 Å². The molecule has 3 aromatic rings. The first-order valence-electron chi connectivity index (χ1n) is 8.34. The van der Waals surface area contributed by atoms with E-state index in [0.29, 0.717) is 22.1 Å². The van der Waals surface area contributed by atoms with E-state index in [4.69, 9.17) is 11.6 Å². The number of hydrogen-bond acceptors (Lipinski definition) is 3. The molecule has 3 rings (SSSR count). The van der Waals surface area contributed by atoms with Gasteiger partial charge in [0.1, 0.15) is 0 Å². The Kier molecular flexibility index (Phi) is 5.87. The van der Waals surface area contributed by atoms with Gasteiger partial charge in [-0.3, -0.25) is 4.31 Å². The molecule has 0 spiro atoms. The van der Waals surface area contributed by atoms with Gasteiger partial charge < -0.3 is 10.6 Å². The van der Waals surface area contributed by atoms with Crippen LogP contribution in [-0.2, 0) is 10.0 Å². The number of halogens is 1. The van der Waals surface area contributed by atoms with Crippen LogP contribution in [0.25, 0.3) is 0 Å². The van der Waals surface area contributed by atoms with Gasteiger partial charge in [-0.05, 0) is 54.6 Å². The van der Waals surface area contributed by atoms with Crippen molar-refractivity contribution in [2.75, 3.05) is 22.0 Å². The zero-order valence-electron chi connectivity index (χ0n) is 15.0. The maximum Gasteiger partial charge on any atom is 0.323 e. The van der Waals surface area contributed by atoms with Crippen molar-refractivity contribution in [3.8, 4) is 0 Å². The summed E-state index contributed by atoms with van der Waals surface area (Å²) >= 11 is 5.89. The van der Waals surface area contributed by atoms with Crippen molar-refractivity contribution < 1.29 is 13.2 Å². The molecule has 0 bridgehead atoms. The first-order chi connectivity index (χ1) is 13.4. The third-order valence-corrected chi connectivity index (χ3v) is 6.01. The molecular weight excluding hydrogens is 398 g/mol. The predicted octanol–water partition coefficient (Wildman–Crippen LogP) is 4.81. The van der Waals surface area contributed by atoms with Crippen molar-refractivity contribution >= 4 is 44.7 Å². The lowest BCUT2D eigenvalue weighted by molar-refractivity contribution is 0.262. The molecule has 0 unspecified atom stereocenters. The number of amides is 2. The second-order valence-corrected chi connectivity index (χ2v) is 8.33. The summed E-state index contributed by atoms with van der Waals surface area (Å²) in [5.74, 6) is 0. The lowest BCUT2D eigenvalue weighted by Gasteiger charge is -2.19. The topological polar surface area (TPSA) is 78.5 Å². The summed E-state index contributed by atoms with van der Waals surface area (Å²) in [7, 11) is -2.20. The molecule has 0 atom stereocenters. The van der Waals surface area contributed by atoms with Crippen molar-refractivity contribution in [3.63, 3.8) is 0 Å². The monoisotopic (exact) mass is 415 g/mol. The Labute approximate surface area is 168 Å². The molecule has 28 heavy (non-hydrogen) atoms. The molecule has 0 saturated heterocycles. The second-order valence-electron chi connectivity index (χ2n) is 5.92. The molecule has 0 fully saturated rings. The molecule has 2 N–H and O–H groups in total. The predicted molar refractivity (Wildman–Crippen MR) is 113 cm³/mol. The van der Waals surface area contributed by atoms with E-state index in [0.717, 1.165) is 0 Å². The van der Waals surface area contributed by atoms with Crippen LogP contribution in [0.2, 0.25) is 5.02 Å². The van der Waals surface area contributed by atoms with E-state index in [1.165, 1.54) is 35.6 Å². The average Bonchev–Trinajstić information content (AvgIpc) is 2.68. The quantitative estimate of drug-likeness (QED) is 0.627. The molecule has 0 aliphatic heterocycles. The standard InChI is InChI=1S/C20H18ClN3O3S/c1-24(18-8-3-2-4-9-18)28(26,27)19-12-10-16(11-13-19)22-20(25)23-17-7-5-6-15(21)14-17/h2-14H,1H3,(H2,22,23,25). The van der Waals surface area contributed by atoms with Gasteiger partial charge in [0.05, 0.1) is 10.6 Å². The fraction of sp³-hybridized carbons (Fsp3) is 0.0500. The second kappa shape index (κ2) is 8.33. The highest BCUT2D eigenvalue weighted by atomic mass is 35.5. The zero-order valence-corrected chi connectivity index (χ0v) is 16.5. The first kappa shape index (κ1) is 19.7. The summed E-state index contributed by atoms with van der Waals surface area (Å²) in [6, 6.07) is 21.0. The van der Waals surface area contributed by atoms with Crippen molar-refractivity contribution in [2.45, 2.75) is 4.90 Å². The highest BCUT2D eigenvalue weighted by molar-refractivity contribution is 7.92. The van der Waals surface area contributed by atoms with Crippen molar-refractivity contribution in [1.82, 2.24) is 0 Å². The minimum atomic E-state index is -3.70. The lowest BCUT2D eigenvalue weighted by atomic mass is 10.3. The van der Waals surface area contributed by atoms with Gasteiger partial charge in [0.2, 0.25) is 0 Å². The van der Waals surface area contributed by atoms with E-state index < -0.39 is 16.1 Å². The Morgan fingerprint density at radius 2 is 1.50 bits per heavy atom. The number of carbonyl (C=O) groups is 1. The fourth-order valence-corrected chi connectivity index (χ4v) is 3.89. The number of urea groups is 1. The third-order valence-electron chi connectivity index (χ3n) is 3.97. The lowest BCUT2D eigenvalue weighted by Crippen LogP contribution is -2.26. The summed E-state index contributed by atoms with van der Waals surface area (Å²) in [5, 5.41) is 5.81. The van der Waals surface area contributed by atoms with Gasteiger partial charge in [-0.25, -0.2) is 13.2 Å². The maximum atomic E-state index is 12.8. The minimum absolute atomic E-state index is 0.125. The molecule has 0 aliphatic rings.